The molecule has 0 saturated heterocycles. The van der Waals surface area contributed by atoms with Crippen LogP contribution in [0.4, 0.5) is 10.2 Å². The van der Waals surface area contributed by atoms with Gasteiger partial charge in [-0.3, -0.25) is 4.79 Å². The van der Waals surface area contributed by atoms with Gasteiger partial charge >= 0.3 is 0 Å². The molecule has 1 aromatic heterocycles. The minimum atomic E-state index is -0.688. The molecule has 1 fully saturated rings. The molecule has 122 valence electrons. The maximum Gasteiger partial charge on any atom is 0.266 e. The number of hydrogen-bond acceptors (Lipinski definition) is 3. The van der Waals surface area contributed by atoms with E-state index in [2.05, 4.69) is 10.4 Å². The maximum absolute atomic E-state index is 12.9. The van der Waals surface area contributed by atoms with E-state index in [0.717, 1.165) is 12.8 Å². The van der Waals surface area contributed by atoms with E-state index in [1.807, 2.05) is 4.68 Å². The number of ether oxygens (including phenoxy) is 1. The summed E-state index contributed by atoms with van der Waals surface area (Å²) in [4.78, 5) is 12.3. The summed E-state index contributed by atoms with van der Waals surface area (Å²) in [5.41, 5.74) is 0. The zero-order chi connectivity index (χ0) is 16.2. The third kappa shape index (κ3) is 3.70. The molecule has 2 aromatic rings. The summed E-state index contributed by atoms with van der Waals surface area (Å²) in [7, 11) is 0. The maximum atomic E-state index is 12.9. The first kappa shape index (κ1) is 15.5. The highest BCUT2D eigenvalue weighted by Gasteiger charge is 2.22. The van der Waals surface area contributed by atoms with E-state index < -0.39 is 6.10 Å². The molecule has 0 bridgehead atoms. The molecule has 1 saturated carbocycles. The van der Waals surface area contributed by atoms with Gasteiger partial charge in [-0.05, 0) is 44.0 Å². The third-order valence-electron chi connectivity index (χ3n) is 4.09. The summed E-state index contributed by atoms with van der Waals surface area (Å²) in [6.45, 7) is 1.66. The Morgan fingerprint density at radius 2 is 2.00 bits per heavy atom. The van der Waals surface area contributed by atoms with Crippen LogP contribution in [0.5, 0.6) is 5.75 Å². The summed E-state index contributed by atoms with van der Waals surface area (Å²) < 4.78 is 20.3. The van der Waals surface area contributed by atoms with E-state index in [4.69, 9.17) is 4.74 Å². The first-order valence-electron chi connectivity index (χ1n) is 7.90. The Bertz CT molecular complexity index is 663. The number of aromatic nitrogens is 2. The van der Waals surface area contributed by atoms with Crippen molar-refractivity contribution in [3.63, 3.8) is 0 Å². The van der Waals surface area contributed by atoms with Crippen LogP contribution in [0.15, 0.2) is 36.5 Å². The van der Waals surface area contributed by atoms with Crippen LogP contribution in [-0.4, -0.2) is 21.8 Å². The SMILES string of the molecule is C[C@H](Oc1ccc(F)cc1)C(=O)Nc1ccnn1C1CCCC1. The highest BCUT2D eigenvalue weighted by molar-refractivity contribution is 5.93. The van der Waals surface area contributed by atoms with E-state index in [1.165, 1.54) is 37.1 Å². The summed E-state index contributed by atoms with van der Waals surface area (Å²) in [6, 6.07) is 7.75. The predicted molar refractivity (Wildman–Crippen MR) is 84.9 cm³/mol. The molecule has 6 heteroatoms. The van der Waals surface area contributed by atoms with Crippen LogP contribution in [0.3, 0.4) is 0 Å². The molecule has 1 aromatic carbocycles. The normalized spacial score (nSPS) is 16.3. The van der Waals surface area contributed by atoms with E-state index in [-0.39, 0.29) is 11.7 Å². The number of benzene rings is 1. The number of rotatable bonds is 5. The van der Waals surface area contributed by atoms with Crippen LogP contribution in [0.25, 0.3) is 0 Å². The van der Waals surface area contributed by atoms with Gasteiger partial charge in [0.2, 0.25) is 0 Å². The lowest BCUT2D eigenvalue weighted by molar-refractivity contribution is -0.122. The molecule has 1 aliphatic carbocycles. The van der Waals surface area contributed by atoms with Gasteiger partial charge in [0.1, 0.15) is 17.4 Å². The minimum Gasteiger partial charge on any atom is -0.481 e. The standard InChI is InChI=1S/C17H20FN3O2/c1-12(23-15-8-6-13(18)7-9-15)17(22)20-16-10-11-19-21(16)14-4-2-3-5-14/h6-12,14H,2-5H2,1H3,(H,20,22)/t12-/m0/s1. The van der Waals surface area contributed by atoms with Gasteiger partial charge in [0, 0.05) is 6.07 Å². The fraction of sp³-hybridized carbons (Fsp3) is 0.412. The van der Waals surface area contributed by atoms with Crippen LogP contribution < -0.4 is 10.1 Å². The Kier molecular flexibility index (Phi) is 4.60. The van der Waals surface area contributed by atoms with Crippen molar-refractivity contribution in [3.8, 4) is 5.75 Å². The highest BCUT2D eigenvalue weighted by atomic mass is 19.1. The minimum absolute atomic E-state index is 0.255. The molecule has 1 heterocycles. The molecule has 5 nitrogen and oxygen atoms in total. The molecule has 0 radical (unpaired) electrons. The number of carbonyl (C=O) groups is 1. The highest BCUT2D eigenvalue weighted by Crippen LogP contribution is 2.31. The summed E-state index contributed by atoms with van der Waals surface area (Å²) in [5, 5.41) is 7.19. The van der Waals surface area contributed by atoms with Crippen molar-refractivity contribution in [2.24, 2.45) is 0 Å². The number of nitrogens with one attached hydrogen (secondary N) is 1. The Morgan fingerprint density at radius 3 is 2.70 bits per heavy atom. The molecule has 1 aliphatic rings. The Morgan fingerprint density at radius 1 is 1.30 bits per heavy atom. The first-order valence-corrected chi connectivity index (χ1v) is 7.90. The second-order valence-electron chi connectivity index (χ2n) is 5.80. The van der Waals surface area contributed by atoms with Crippen molar-refractivity contribution in [3.05, 3.63) is 42.3 Å². The number of nitrogens with zero attached hydrogens (tertiary/aromatic N) is 2. The summed E-state index contributed by atoms with van der Waals surface area (Å²) in [5.74, 6) is 0.554. The van der Waals surface area contributed by atoms with Crippen LogP contribution in [0, 0.1) is 5.82 Å². The van der Waals surface area contributed by atoms with E-state index in [1.54, 1.807) is 19.2 Å². The Balaban J connectivity index is 1.62. The van der Waals surface area contributed by atoms with Gasteiger partial charge < -0.3 is 10.1 Å². The van der Waals surface area contributed by atoms with Crippen molar-refractivity contribution in [1.29, 1.82) is 0 Å². The summed E-state index contributed by atoms with van der Waals surface area (Å²) >= 11 is 0. The number of hydrogen-bond donors (Lipinski definition) is 1. The zero-order valence-corrected chi connectivity index (χ0v) is 13.0. The molecule has 1 atom stereocenters. The molecular formula is C17H20FN3O2. The van der Waals surface area contributed by atoms with Gasteiger partial charge in [-0.25, -0.2) is 9.07 Å². The molecule has 1 amide bonds. The van der Waals surface area contributed by atoms with E-state index in [9.17, 15) is 9.18 Å². The van der Waals surface area contributed by atoms with Crippen molar-refractivity contribution in [2.75, 3.05) is 5.32 Å². The average molecular weight is 317 g/mol. The summed E-state index contributed by atoms with van der Waals surface area (Å²) in [6.07, 6.45) is 5.58. The Labute approximate surface area is 134 Å². The van der Waals surface area contributed by atoms with Crippen molar-refractivity contribution in [2.45, 2.75) is 44.8 Å². The average Bonchev–Trinajstić information content (AvgIpc) is 3.20. The first-order chi connectivity index (χ1) is 11.1. The van der Waals surface area contributed by atoms with Gasteiger partial charge in [-0.15, -0.1) is 0 Å². The van der Waals surface area contributed by atoms with Gasteiger partial charge in [0.25, 0.3) is 5.91 Å². The topological polar surface area (TPSA) is 56.1 Å². The largest absolute Gasteiger partial charge is 0.481 e. The molecule has 23 heavy (non-hydrogen) atoms. The van der Waals surface area contributed by atoms with Gasteiger partial charge in [-0.2, -0.15) is 5.10 Å². The second kappa shape index (κ2) is 6.81. The number of carbonyl (C=O) groups excluding carboxylic acids is 1. The van der Waals surface area contributed by atoms with Gasteiger partial charge in [0.05, 0.1) is 12.2 Å². The number of anilines is 1. The predicted octanol–water partition coefficient (Wildman–Crippen LogP) is 3.54. The fourth-order valence-electron chi connectivity index (χ4n) is 2.85. The third-order valence-corrected chi connectivity index (χ3v) is 4.09. The van der Waals surface area contributed by atoms with Gasteiger partial charge in [-0.1, -0.05) is 12.8 Å². The lowest BCUT2D eigenvalue weighted by Gasteiger charge is -2.17. The molecule has 3 rings (SSSR count). The van der Waals surface area contributed by atoms with Crippen LogP contribution >= 0.6 is 0 Å². The van der Waals surface area contributed by atoms with Crippen molar-refractivity contribution >= 4 is 11.7 Å². The van der Waals surface area contributed by atoms with Gasteiger partial charge in [0.15, 0.2) is 6.10 Å². The van der Waals surface area contributed by atoms with Crippen LogP contribution in [-0.2, 0) is 4.79 Å². The van der Waals surface area contributed by atoms with Crippen molar-refractivity contribution in [1.82, 2.24) is 9.78 Å². The quantitative estimate of drug-likeness (QED) is 0.917. The molecule has 0 unspecified atom stereocenters. The zero-order valence-electron chi connectivity index (χ0n) is 13.0. The monoisotopic (exact) mass is 317 g/mol. The number of halogens is 1. The smallest absolute Gasteiger partial charge is 0.266 e. The molecule has 0 aliphatic heterocycles. The Hall–Kier alpha value is -2.37. The molecule has 1 N–H and O–H groups in total. The van der Waals surface area contributed by atoms with Crippen molar-refractivity contribution < 1.29 is 13.9 Å². The molecule has 0 spiro atoms. The molecular weight excluding hydrogens is 297 g/mol. The second-order valence-corrected chi connectivity index (χ2v) is 5.80. The van der Waals surface area contributed by atoms with E-state index >= 15 is 0 Å². The van der Waals surface area contributed by atoms with Crippen LogP contribution in [0.1, 0.15) is 38.6 Å². The van der Waals surface area contributed by atoms with E-state index in [0.29, 0.717) is 17.6 Å². The van der Waals surface area contributed by atoms with Crippen LogP contribution in [0.2, 0.25) is 0 Å². The lowest BCUT2D eigenvalue weighted by Crippen LogP contribution is -2.31. The fourth-order valence-corrected chi connectivity index (χ4v) is 2.85. The lowest BCUT2D eigenvalue weighted by atomic mass is 10.2. The number of amides is 1.